The van der Waals surface area contributed by atoms with Crippen LogP contribution in [0.5, 0.6) is 5.75 Å². The van der Waals surface area contributed by atoms with Gasteiger partial charge < -0.3 is 14.9 Å². The molecule has 0 aliphatic carbocycles. The van der Waals surface area contributed by atoms with Crippen molar-refractivity contribution in [2.45, 2.75) is 6.92 Å². The quantitative estimate of drug-likeness (QED) is 0.586. The minimum atomic E-state index is 0.413. The number of aromatic amines is 1. The van der Waals surface area contributed by atoms with Gasteiger partial charge in [0.15, 0.2) is 0 Å². The van der Waals surface area contributed by atoms with Crippen LogP contribution < -0.4 is 9.64 Å². The van der Waals surface area contributed by atoms with Crippen LogP contribution in [0.4, 0.5) is 0 Å². The third-order valence-corrected chi connectivity index (χ3v) is 4.14. The van der Waals surface area contributed by atoms with Gasteiger partial charge in [0.25, 0.3) is 5.69 Å². The standard InChI is InChI=1S/C18H15N3O3/c1-11-17(20-24-21(11)22)13-8-9-16(23-2)18-14(13)10-15(19-18)12-6-4-3-5-7-12/h3-10,19H,1-2H3. The normalized spacial score (nSPS) is 11.1. The van der Waals surface area contributed by atoms with Crippen molar-refractivity contribution in [2.24, 2.45) is 0 Å². The van der Waals surface area contributed by atoms with E-state index in [4.69, 9.17) is 9.37 Å². The maximum absolute atomic E-state index is 11.6. The maximum atomic E-state index is 11.6. The molecule has 0 saturated carbocycles. The molecule has 0 aliphatic rings. The minimum Gasteiger partial charge on any atom is -0.495 e. The molecule has 6 nitrogen and oxygen atoms in total. The summed E-state index contributed by atoms with van der Waals surface area (Å²) < 4.78 is 10.2. The van der Waals surface area contributed by atoms with E-state index in [0.717, 1.165) is 33.5 Å². The van der Waals surface area contributed by atoms with Crippen LogP contribution in [0.25, 0.3) is 33.4 Å². The van der Waals surface area contributed by atoms with Crippen molar-refractivity contribution >= 4 is 10.9 Å². The molecule has 1 N–H and O–H groups in total. The highest BCUT2D eigenvalue weighted by molar-refractivity contribution is 6.00. The van der Waals surface area contributed by atoms with Crippen LogP contribution in [0, 0.1) is 12.1 Å². The van der Waals surface area contributed by atoms with E-state index in [9.17, 15) is 5.21 Å². The molecule has 0 atom stereocenters. The van der Waals surface area contributed by atoms with E-state index in [1.165, 1.54) is 0 Å². The van der Waals surface area contributed by atoms with Gasteiger partial charge in [-0.3, -0.25) is 4.63 Å². The topological polar surface area (TPSA) is 78.0 Å². The highest BCUT2D eigenvalue weighted by Gasteiger charge is 2.21. The number of H-pyrrole nitrogens is 1. The van der Waals surface area contributed by atoms with Crippen LogP contribution in [-0.4, -0.2) is 17.3 Å². The number of benzene rings is 2. The van der Waals surface area contributed by atoms with E-state index >= 15 is 0 Å². The number of methoxy groups -OCH3 is 1. The second kappa shape index (κ2) is 5.42. The van der Waals surface area contributed by atoms with E-state index in [1.807, 2.05) is 48.5 Å². The fraction of sp³-hybridized carbons (Fsp3) is 0.111. The summed E-state index contributed by atoms with van der Waals surface area (Å²) in [5.74, 6) is 0.729. The number of hydrogen-bond donors (Lipinski definition) is 1. The Balaban J connectivity index is 1.99. The van der Waals surface area contributed by atoms with Gasteiger partial charge >= 0.3 is 0 Å². The number of fused-ring (bicyclic) bond motifs is 1. The molecule has 0 fully saturated rings. The van der Waals surface area contributed by atoms with E-state index in [-0.39, 0.29) is 0 Å². The molecule has 0 amide bonds. The average Bonchev–Trinajstić information content (AvgIpc) is 3.20. The van der Waals surface area contributed by atoms with Gasteiger partial charge in [0, 0.05) is 28.7 Å². The number of ether oxygens (including phenoxy) is 1. The lowest BCUT2D eigenvalue weighted by Crippen LogP contribution is -2.25. The molecular formula is C18H15N3O3. The molecule has 0 spiro atoms. The SMILES string of the molecule is COc1ccc(-c2no[n+]([O-])c2C)c2cc(-c3ccccc3)[nH]c12. The molecule has 2 aromatic heterocycles. The van der Waals surface area contributed by atoms with Crippen molar-refractivity contribution in [1.82, 2.24) is 10.1 Å². The van der Waals surface area contributed by atoms with Gasteiger partial charge in [-0.05, 0) is 28.7 Å². The molecule has 0 aliphatic heterocycles. The first kappa shape index (κ1) is 14.3. The van der Waals surface area contributed by atoms with Crippen LogP contribution in [-0.2, 0) is 0 Å². The lowest BCUT2D eigenvalue weighted by molar-refractivity contribution is -0.806. The van der Waals surface area contributed by atoms with Crippen LogP contribution in [0.2, 0.25) is 0 Å². The van der Waals surface area contributed by atoms with E-state index < -0.39 is 0 Å². The van der Waals surface area contributed by atoms with Crippen molar-refractivity contribution in [3.63, 3.8) is 0 Å². The largest absolute Gasteiger partial charge is 0.495 e. The molecule has 4 aromatic rings. The Kier molecular flexibility index (Phi) is 3.23. The number of aromatic nitrogens is 3. The first-order valence-electron chi connectivity index (χ1n) is 7.51. The summed E-state index contributed by atoms with van der Waals surface area (Å²) in [5.41, 5.74) is 4.65. The maximum Gasteiger partial charge on any atom is 0.251 e. The Bertz CT molecular complexity index is 1020. The van der Waals surface area contributed by atoms with Crippen LogP contribution in [0.1, 0.15) is 5.69 Å². The first-order valence-corrected chi connectivity index (χ1v) is 7.51. The summed E-state index contributed by atoms with van der Waals surface area (Å²) >= 11 is 0. The number of nitrogens with zero attached hydrogens (tertiary/aromatic N) is 2. The summed E-state index contributed by atoms with van der Waals surface area (Å²) in [5, 5.41) is 16.4. The Morgan fingerprint density at radius 3 is 2.62 bits per heavy atom. The molecule has 0 radical (unpaired) electrons. The third-order valence-electron chi connectivity index (χ3n) is 4.14. The van der Waals surface area contributed by atoms with Crippen molar-refractivity contribution in [3.05, 3.63) is 59.4 Å². The number of nitrogens with one attached hydrogen (secondary N) is 1. The molecule has 0 saturated heterocycles. The average molecular weight is 321 g/mol. The highest BCUT2D eigenvalue weighted by Crippen LogP contribution is 2.37. The van der Waals surface area contributed by atoms with Gasteiger partial charge in [-0.2, -0.15) is 0 Å². The van der Waals surface area contributed by atoms with Crippen LogP contribution in [0.3, 0.4) is 0 Å². The lowest BCUT2D eigenvalue weighted by Gasteiger charge is -2.03. The number of hydrogen-bond acceptors (Lipinski definition) is 4. The minimum absolute atomic E-state index is 0.413. The zero-order chi connectivity index (χ0) is 16.7. The zero-order valence-electron chi connectivity index (χ0n) is 13.2. The van der Waals surface area contributed by atoms with Gasteiger partial charge in [0.1, 0.15) is 5.75 Å². The molecule has 4 rings (SSSR count). The second-order valence-corrected chi connectivity index (χ2v) is 5.52. The number of rotatable bonds is 3. The molecule has 6 heteroatoms. The summed E-state index contributed by atoms with van der Waals surface area (Å²) in [6, 6.07) is 15.8. The van der Waals surface area contributed by atoms with E-state index in [1.54, 1.807) is 14.0 Å². The summed E-state index contributed by atoms with van der Waals surface area (Å²) in [7, 11) is 1.63. The van der Waals surface area contributed by atoms with Crippen LogP contribution >= 0.6 is 0 Å². The summed E-state index contributed by atoms with van der Waals surface area (Å²) in [6.45, 7) is 1.68. The molecule has 24 heavy (non-hydrogen) atoms. The molecule has 0 bridgehead atoms. The Morgan fingerprint density at radius 1 is 1.17 bits per heavy atom. The van der Waals surface area contributed by atoms with Crippen molar-refractivity contribution in [1.29, 1.82) is 0 Å². The van der Waals surface area contributed by atoms with Gasteiger partial charge in [-0.1, -0.05) is 30.3 Å². The Hall–Kier alpha value is -3.28. The molecule has 120 valence electrons. The van der Waals surface area contributed by atoms with Crippen LogP contribution in [0.15, 0.2) is 53.2 Å². The molecule has 2 heterocycles. The Labute approximate surface area is 137 Å². The fourth-order valence-electron chi connectivity index (χ4n) is 2.88. The monoisotopic (exact) mass is 321 g/mol. The third kappa shape index (κ3) is 2.11. The van der Waals surface area contributed by atoms with Crippen molar-refractivity contribution in [2.75, 3.05) is 7.11 Å². The van der Waals surface area contributed by atoms with Gasteiger partial charge in [0.2, 0.25) is 5.69 Å². The molecular weight excluding hydrogens is 306 g/mol. The molecule has 2 aromatic carbocycles. The van der Waals surface area contributed by atoms with Crippen molar-refractivity contribution in [3.8, 4) is 28.3 Å². The smallest absolute Gasteiger partial charge is 0.251 e. The first-order chi connectivity index (χ1) is 11.7. The van der Waals surface area contributed by atoms with Crippen molar-refractivity contribution < 1.29 is 14.3 Å². The predicted molar refractivity (Wildman–Crippen MR) is 89.5 cm³/mol. The van der Waals surface area contributed by atoms with E-state index in [0.29, 0.717) is 16.3 Å². The molecule has 0 unspecified atom stereocenters. The Morgan fingerprint density at radius 2 is 1.96 bits per heavy atom. The zero-order valence-corrected chi connectivity index (χ0v) is 13.2. The summed E-state index contributed by atoms with van der Waals surface area (Å²) in [6.07, 6.45) is 0. The van der Waals surface area contributed by atoms with E-state index in [2.05, 4.69) is 10.1 Å². The second-order valence-electron chi connectivity index (χ2n) is 5.52. The lowest BCUT2D eigenvalue weighted by atomic mass is 10.0. The van der Waals surface area contributed by atoms with Gasteiger partial charge in [-0.25, -0.2) is 0 Å². The predicted octanol–water partition coefficient (Wildman–Crippen LogP) is 3.44. The highest BCUT2D eigenvalue weighted by atomic mass is 16.8. The fourth-order valence-corrected chi connectivity index (χ4v) is 2.88. The van der Waals surface area contributed by atoms with Gasteiger partial charge in [-0.15, -0.1) is 0 Å². The van der Waals surface area contributed by atoms with Gasteiger partial charge in [0.05, 0.1) is 12.6 Å². The summed E-state index contributed by atoms with van der Waals surface area (Å²) in [4.78, 5) is 3.81.